The van der Waals surface area contributed by atoms with Crippen LogP contribution in [0.15, 0.2) is 35.3 Å². The maximum absolute atomic E-state index is 9.35. The molecule has 0 spiro atoms. The van der Waals surface area contributed by atoms with Crippen LogP contribution < -0.4 is 15.4 Å². The van der Waals surface area contributed by atoms with Crippen molar-refractivity contribution >= 4 is 29.9 Å². The van der Waals surface area contributed by atoms with Crippen LogP contribution in [-0.2, 0) is 0 Å². The highest BCUT2D eigenvalue weighted by molar-refractivity contribution is 14.0. The molecule has 0 saturated carbocycles. The summed E-state index contributed by atoms with van der Waals surface area (Å²) in [7, 11) is 0. The molecule has 0 bridgehead atoms. The first-order valence-corrected chi connectivity index (χ1v) is 9.43. The van der Waals surface area contributed by atoms with Crippen LogP contribution >= 0.6 is 24.0 Å². The van der Waals surface area contributed by atoms with E-state index in [1.165, 1.54) is 0 Å². The number of nitrogens with one attached hydrogen (secondary N) is 2. The van der Waals surface area contributed by atoms with Crippen LogP contribution in [-0.4, -0.2) is 43.4 Å². The van der Waals surface area contributed by atoms with Crippen molar-refractivity contribution in [2.24, 2.45) is 10.4 Å². The van der Waals surface area contributed by atoms with Crippen LogP contribution in [0.25, 0.3) is 0 Å². The summed E-state index contributed by atoms with van der Waals surface area (Å²) in [6.07, 6.45) is 2.85. The molecule has 26 heavy (non-hydrogen) atoms. The number of benzene rings is 1. The smallest absolute Gasteiger partial charge is 0.191 e. The number of halogens is 1. The predicted molar refractivity (Wildman–Crippen MR) is 121 cm³/mol. The summed E-state index contributed by atoms with van der Waals surface area (Å²) in [6, 6.07) is 9.84. The zero-order chi connectivity index (χ0) is 18.5. The molecule has 0 aliphatic carbocycles. The van der Waals surface area contributed by atoms with Gasteiger partial charge >= 0.3 is 0 Å². The lowest BCUT2D eigenvalue weighted by molar-refractivity contribution is 0.175. The highest BCUT2D eigenvalue weighted by Crippen LogP contribution is 2.30. The van der Waals surface area contributed by atoms with Gasteiger partial charge in [0.25, 0.3) is 0 Å². The second-order valence-corrected chi connectivity index (χ2v) is 6.50. The quantitative estimate of drug-likeness (QED) is 0.258. The van der Waals surface area contributed by atoms with Crippen LogP contribution in [0.5, 0.6) is 5.75 Å². The Hall–Kier alpha value is -1.02. The third-order valence-corrected chi connectivity index (χ3v) is 4.70. The second-order valence-electron chi connectivity index (χ2n) is 6.50. The minimum atomic E-state index is 0. The van der Waals surface area contributed by atoms with Gasteiger partial charge in [-0.05, 0) is 50.7 Å². The monoisotopic (exact) mass is 477 g/mol. The van der Waals surface area contributed by atoms with Crippen molar-refractivity contribution in [3.63, 3.8) is 0 Å². The standard InChI is InChI=1S/C20H35N3O2.HI/c1-5-20(6-2,13-14-24)16-23-19(21-7-3)22-15-17(4)25-18-11-9-8-10-12-18;/h8-12,17,24H,5-7,13-16H2,1-4H3,(H2,21,22,23);1H. The molecule has 0 fully saturated rings. The minimum Gasteiger partial charge on any atom is -0.489 e. The van der Waals surface area contributed by atoms with Gasteiger partial charge in [0, 0.05) is 19.7 Å². The second kappa shape index (κ2) is 14.1. The van der Waals surface area contributed by atoms with Crippen LogP contribution in [0.1, 0.15) is 47.0 Å². The van der Waals surface area contributed by atoms with Crippen molar-refractivity contribution in [1.82, 2.24) is 10.6 Å². The van der Waals surface area contributed by atoms with Gasteiger partial charge in [0.05, 0.1) is 6.54 Å². The van der Waals surface area contributed by atoms with Crippen LogP contribution in [0, 0.1) is 5.41 Å². The van der Waals surface area contributed by atoms with Crippen molar-refractivity contribution in [3.8, 4) is 5.75 Å². The summed E-state index contributed by atoms with van der Waals surface area (Å²) in [5.41, 5.74) is 0.0727. The Labute approximate surface area is 176 Å². The number of aliphatic hydroxyl groups excluding tert-OH is 1. The molecule has 1 rings (SSSR count). The van der Waals surface area contributed by atoms with Crippen molar-refractivity contribution in [3.05, 3.63) is 30.3 Å². The molecule has 1 aromatic rings. The van der Waals surface area contributed by atoms with Gasteiger partial charge in [-0.2, -0.15) is 0 Å². The van der Waals surface area contributed by atoms with Gasteiger partial charge in [0.1, 0.15) is 11.9 Å². The van der Waals surface area contributed by atoms with Crippen molar-refractivity contribution in [1.29, 1.82) is 0 Å². The molecular formula is C20H36IN3O2. The van der Waals surface area contributed by atoms with Gasteiger partial charge in [0.2, 0.25) is 0 Å². The van der Waals surface area contributed by atoms with E-state index < -0.39 is 0 Å². The van der Waals surface area contributed by atoms with Crippen LogP contribution in [0.4, 0.5) is 0 Å². The predicted octanol–water partition coefficient (Wildman–Crippen LogP) is 3.82. The lowest BCUT2D eigenvalue weighted by Gasteiger charge is -2.29. The number of nitrogens with zero attached hydrogens (tertiary/aromatic N) is 1. The molecule has 5 nitrogen and oxygen atoms in total. The average Bonchev–Trinajstić information content (AvgIpc) is 2.64. The summed E-state index contributed by atoms with van der Waals surface area (Å²) >= 11 is 0. The van der Waals surface area contributed by atoms with Gasteiger partial charge in [-0.3, -0.25) is 4.99 Å². The van der Waals surface area contributed by atoms with E-state index in [4.69, 9.17) is 9.73 Å². The first kappa shape index (κ1) is 25.0. The van der Waals surface area contributed by atoms with E-state index in [9.17, 15) is 5.11 Å². The first-order chi connectivity index (χ1) is 12.1. The fourth-order valence-corrected chi connectivity index (χ4v) is 2.75. The van der Waals surface area contributed by atoms with E-state index in [0.717, 1.165) is 37.5 Å². The molecule has 1 unspecified atom stereocenters. The van der Waals surface area contributed by atoms with E-state index in [2.05, 4.69) is 31.4 Å². The third-order valence-electron chi connectivity index (χ3n) is 4.70. The number of ether oxygens (including phenoxy) is 1. The number of aliphatic hydroxyl groups is 1. The van der Waals surface area contributed by atoms with Crippen molar-refractivity contribution < 1.29 is 9.84 Å². The SMILES string of the molecule is CCNC(=NCC(CC)(CC)CCO)NCC(C)Oc1ccccc1.I. The Bertz CT molecular complexity index is 493. The molecular weight excluding hydrogens is 441 g/mol. The molecule has 0 heterocycles. The number of aliphatic imine (C=N–C) groups is 1. The average molecular weight is 477 g/mol. The summed E-state index contributed by atoms with van der Waals surface area (Å²) in [4.78, 5) is 4.75. The molecule has 0 radical (unpaired) electrons. The summed E-state index contributed by atoms with van der Waals surface area (Å²) in [5.74, 6) is 1.67. The summed E-state index contributed by atoms with van der Waals surface area (Å²) in [5, 5.41) is 16.0. The Morgan fingerprint density at radius 1 is 1.15 bits per heavy atom. The van der Waals surface area contributed by atoms with E-state index in [1.807, 2.05) is 37.3 Å². The Morgan fingerprint density at radius 3 is 2.35 bits per heavy atom. The van der Waals surface area contributed by atoms with Gasteiger partial charge in [-0.1, -0.05) is 32.0 Å². The summed E-state index contributed by atoms with van der Waals surface area (Å²) in [6.45, 7) is 10.8. The van der Waals surface area contributed by atoms with Crippen LogP contribution in [0.2, 0.25) is 0 Å². The Morgan fingerprint density at radius 2 is 1.81 bits per heavy atom. The van der Waals surface area contributed by atoms with Gasteiger partial charge in [0.15, 0.2) is 5.96 Å². The first-order valence-electron chi connectivity index (χ1n) is 9.43. The molecule has 6 heteroatoms. The Kier molecular flexibility index (Phi) is 13.5. The molecule has 0 aliphatic heterocycles. The van der Waals surface area contributed by atoms with E-state index in [-0.39, 0.29) is 42.1 Å². The summed E-state index contributed by atoms with van der Waals surface area (Å²) < 4.78 is 5.89. The molecule has 0 saturated heterocycles. The van der Waals surface area contributed by atoms with E-state index in [1.54, 1.807) is 0 Å². The third kappa shape index (κ3) is 9.07. The fourth-order valence-electron chi connectivity index (χ4n) is 2.75. The van der Waals surface area contributed by atoms with Crippen LogP contribution in [0.3, 0.4) is 0 Å². The zero-order valence-electron chi connectivity index (χ0n) is 16.6. The zero-order valence-corrected chi connectivity index (χ0v) is 19.0. The normalized spacial score (nSPS) is 12.9. The van der Waals surface area contributed by atoms with Gasteiger partial charge < -0.3 is 20.5 Å². The lowest BCUT2D eigenvalue weighted by Crippen LogP contribution is -2.42. The highest BCUT2D eigenvalue weighted by Gasteiger charge is 2.25. The minimum absolute atomic E-state index is 0. The number of hydrogen-bond donors (Lipinski definition) is 3. The highest BCUT2D eigenvalue weighted by atomic mass is 127. The van der Waals surface area contributed by atoms with Crippen molar-refractivity contribution in [2.45, 2.75) is 53.1 Å². The number of para-hydroxylation sites is 1. The van der Waals surface area contributed by atoms with E-state index >= 15 is 0 Å². The Balaban J connectivity index is 0.00000625. The lowest BCUT2D eigenvalue weighted by atomic mass is 9.79. The maximum Gasteiger partial charge on any atom is 0.191 e. The van der Waals surface area contributed by atoms with Gasteiger partial charge in [-0.15, -0.1) is 24.0 Å². The molecule has 0 aliphatic rings. The molecule has 1 aromatic carbocycles. The number of hydrogen-bond acceptors (Lipinski definition) is 3. The molecule has 0 amide bonds. The van der Waals surface area contributed by atoms with Gasteiger partial charge in [-0.25, -0.2) is 0 Å². The van der Waals surface area contributed by atoms with E-state index in [0.29, 0.717) is 13.1 Å². The molecule has 0 aromatic heterocycles. The fraction of sp³-hybridized carbons (Fsp3) is 0.650. The molecule has 150 valence electrons. The molecule has 3 N–H and O–H groups in total. The maximum atomic E-state index is 9.35. The largest absolute Gasteiger partial charge is 0.489 e. The van der Waals surface area contributed by atoms with Crippen molar-refractivity contribution in [2.75, 3.05) is 26.2 Å². The number of guanidine groups is 1. The molecule has 1 atom stereocenters. The topological polar surface area (TPSA) is 65.9 Å². The number of rotatable bonds is 11.